The number of piperazine rings is 1. The quantitative estimate of drug-likeness (QED) is 0.605. The number of ether oxygens (including phenoxy) is 1. The van der Waals surface area contributed by atoms with Gasteiger partial charge in [0.15, 0.2) is 5.78 Å². The van der Waals surface area contributed by atoms with Crippen LogP contribution in [0.25, 0.3) is 0 Å². The summed E-state index contributed by atoms with van der Waals surface area (Å²) < 4.78 is 4.79. The molecule has 0 aromatic carbocycles. The smallest absolute Gasteiger partial charge is 0.172 e. The molecule has 1 aliphatic heterocycles. The number of β-amino-alcohol motifs (C(OH)–C–C–N with tert-alkyl or cyclic N) is 1. The molecule has 15 heavy (non-hydrogen) atoms. The van der Waals surface area contributed by atoms with Crippen molar-refractivity contribution in [1.82, 2.24) is 9.80 Å². The number of ketones is 1. The van der Waals surface area contributed by atoms with E-state index in [1.165, 1.54) is 7.11 Å². The minimum absolute atomic E-state index is 0.133. The van der Waals surface area contributed by atoms with Crippen LogP contribution in [0.15, 0.2) is 0 Å². The number of hydrogen-bond acceptors (Lipinski definition) is 5. The number of carbonyl (C=O) groups excluding carboxylic acids is 1. The zero-order chi connectivity index (χ0) is 11.1. The van der Waals surface area contributed by atoms with Crippen molar-refractivity contribution in [1.29, 1.82) is 0 Å². The lowest BCUT2D eigenvalue weighted by Gasteiger charge is -2.33. The molecule has 1 fully saturated rings. The molecular weight excluding hydrogens is 196 g/mol. The normalized spacial score (nSPS) is 19.3. The Labute approximate surface area is 90.6 Å². The number of Topliss-reactive ketones (excluding diaryl/α,β-unsaturated/α-hetero) is 1. The lowest BCUT2D eigenvalue weighted by atomic mass is 10.3. The Hall–Kier alpha value is -0.490. The fraction of sp³-hybridized carbons (Fsp3) is 0.900. The molecule has 0 aliphatic carbocycles. The summed E-state index contributed by atoms with van der Waals surface area (Å²) in [5, 5.41) is 8.77. The molecule has 0 aromatic rings. The maximum Gasteiger partial charge on any atom is 0.172 e. The summed E-state index contributed by atoms with van der Waals surface area (Å²) in [6.45, 7) is 5.30. The highest BCUT2D eigenvalue weighted by Gasteiger charge is 2.17. The number of aliphatic hydroxyl groups is 1. The fourth-order valence-electron chi connectivity index (χ4n) is 1.77. The van der Waals surface area contributed by atoms with E-state index in [1.807, 2.05) is 0 Å². The average Bonchev–Trinajstić information content (AvgIpc) is 2.22. The molecule has 1 saturated heterocycles. The van der Waals surface area contributed by atoms with E-state index < -0.39 is 0 Å². The summed E-state index contributed by atoms with van der Waals surface area (Å²) in [7, 11) is 1.54. The van der Waals surface area contributed by atoms with Gasteiger partial charge >= 0.3 is 0 Å². The Bertz CT molecular complexity index is 191. The third-order valence-corrected chi connectivity index (χ3v) is 2.59. The third-order valence-electron chi connectivity index (χ3n) is 2.59. The zero-order valence-corrected chi connectivity index (χ0v) is 9.31. The molecule has 1 aliphatic rings. The van der Waals surface area contributed by atoms with Crippen LogP contribution in [-0.4, -0.2) is 80.3 Å². The summed E-state index contributed by atoms with van der Waals surface area (Å²) in [5.41, 5.74) is 0. The van der Waals surface area contributed by atoms with Crippen LogP contribution in [0.1, 0.15) is 0 Å². The van der Waals surface area contributed by atoms with Crippen molar-refractivity contribution in [2.45, 2.75) is 0 Å². The Kier molecular flexibility index (Phi) is 5.78. The Morgan fingerprint density at radius 3 is 2.40 bits per heavy atom. The largest absolute Gasteiger partial charge is 0.395 e. The van der Waals surface area contributed by atoms with Gasteiger partial charge in [0.2, 0.25) is 0 Å². The van der Waals surface area contributed by atoms with E-state index >= 15 is 0 Å². The maximum atomic E-state index is 11.3. The summed E-state index contributed by atoms with van der Waals surface area (Å²) in [5.74, 6) is 0.133. The van der Waals surface area contributed by atoms with E-state index in [0.717, 1.165) is 32.7 Å². The van der Waals surface area contributed by atoms with Gasteiger partial charge in [-0.1, -0.05) is 0 Å². The number of methoxy groups -OCH3 is 1. The second-order valence-corrected chi connectivity index (χ2v) is 3.81. The van der Waals surface area contributed by atoms with Gasteiger partial charge in [0.25, 0.3) is 0 Å². The first-order valence-corrected chi connectivity index (χ1v) is 5.32. The molecule has 0 radical (unpaired) electrons. The molecule has 5 nitrogen and oxygen atoms in total. The van der Waals surface area contributed by atoms with Gasteiger partial charge in [-0.3, -0.25) is 14.6 Å². The summed E-state index contributed by atoms with van der Waals surface area (Å²) >= 11 is 0. The highest BCUT2D eigenvalue weighted by molar-refractivity contribution is 5.81. The summed E-state index contributed by atoms with van der Waals surface area (Å²) in [6.07, 6.45) is 0. The SMILES string of the molecule is COCC(=O)CN1CCN(CCO)CC1. The lowest BCUT2D eigenvalue weighted by Crippen LogP contribution is -2.48. The average molecular weight is 216 g/mol. The highest BCUT2D eigenvalue weighted by Crippen LogP contribution is 2.00. The number of carbonyl (C=O) groups is 1. The van der Waals surface area contributed by atoms with Crippen molar-refractivity contribution in [2.75, 3.05) is 59.6 Å². The Morgan fingerprint density at radius 2 is 1.87 bits per heavy atom. The van der Waals surface area contributed by atoms with Crippen LogP contribution in [0.3, 0.4) is 0 Å². The number of nitrogens with zero attached hydrogens (tertiary/aromatic N) is 2. The van der Waals surface area contributed by atoms with E-state index in [1.54, 1.807) is 0 Å². The number of rotatable bonds is 6. The standard InChI is InChI=1S/C10H20N2O3/c1-15-9-10(14)8-12-4-2-11(3-5-12)6-7-13/h13H,2-9H2,1H3. The molecule has 0 atom stereocenters. The fourth-order valence-corrected chi connectivity index (χ4v) is 1.77. The van der Waals surface area contributed by atoms with Gasteiger partial charge in [0, 0.05) is 39.8 Å². The molecule has 1 heterocycles. The molecule has 88 valence electrons. The minimum Gasteiger partial charge on any atom is -0.395 e. The van der Waals surface area contributed by atoms with Gasteiger partial charge in [-0.05, 0) is 0 Å². The van der Waals surface area contributed by atoms with Crippen LogP contribution in [0.2, 0.25) is 0 Å². The van der Waals surface area contributed by atoms with Crippen molar-refractivity contribution in [3.05, 3.63) is 0 Å². The first kappa shape index (κ1) is 12.6. The minimum atomic E-state index is 0.133. The Morgan fingerprint density at radius 1 is 1.27 bits per heavy atom. The van der Waals surface area contributed by atoms with Crippen molar-refractivity contribution in [3.8, 4) is 0 Å². The van der Waals surface area contributed by atoms with E-state index in [-0.39, 0.29) is 19.0 Å². The number of hydrogen-bond donors (Lipinski definition) is 1. The molecule has 0 saturated carbocycles. The highest BCUT2D eigenvalue weighted by atomic mass is 16.5. The topological polar surface area (TPSA) is 53.0 Å². The van der Waals surface area contributed by atoms with E-state index in [4.69, 9.17) is 9.84 Å². The molecule has 1 rings (SSSR count). The molecular formula is C10H20N2O3. The van der Waals surface area contributed by atoms with Gasteiger partial charge in [-0.25, -0.2) is 0 Å². The second kappa shape index (κ2) is 6.90. The van der Waals surface area contributed by atoms with Gasteiger partial charge in [-0.15, -0.1) is 0 Å². The monoisotopic (exact) mass is 216 g/mol. The number of aliphatic hydroxyl groups excluding tert-OH is 1. The van der Waals surface area contributed by atoms with Gasteiger partial charge < -0.3 is 9.84 Å². The van der Waals surface area contributed by atoms with Crippen LogP contribution in [-0.2, 0) is 9.53 Å². The van der Waals surface area contributed by atoms with Crippen molar-refractivity contribution in [3.63, 3.8) is 0 Å². The predicted octanol–water partition coefficient (Wildman–Crippen LogP) is -1.19. The molecule has 5 heteroatoms. The third kappa shape index (κ3) is 4.70. The molecule has 0 amide bonds. The van der Waals surface area contributed by atoms with Crippen LogP contribution in [0, 0.1) is 0 Å². The molecule has 0 spiro atoms. The Balaban J connectivity index is 2.16. The predicted molar refractivity (Wildman–Crippen MR) is 56.8 cm³/mol. The van der Waals surface area contributed by atoms with Gasteiger partial charge in [-0.2, -0.15) is 0 Å². The van der Waals surface area contributed by atoms with Crippen LogP contribution in [0.4, 0.5) is 0 Å². The van der Waals surface area contributed by atoms with Gasteiger partial charge in [0.1, 0.15) is 6.61 Å². The first-order chi connectivity index (χ1) is 7.26. The molecule has 0 unspecified atom stereocenters. The zero-order valence-electron chi connectivity index (χ0n) is 9.31. The molecule has 1 N–H and O–H groups in total. The maximum absolute atomic E-state index is 11.3. The van der Waals surface area contributed by atoms with Crippen molar-refractivity contribution < 1.29 is 14.6 Å². The molecule has 0 aromatic heterocycles. The van der Waals surface area contributed by atoms with Gasteiger partial charge in [0.05, 0.1) is 13.2 Å². The first-order valence-electron chi connectivity index (χ1n) is 5.32. The molecule has 0 bridgehead atoms. The van der Waals surface area contributed by atoms with Crippen LogP contribution in [0.5, 0.6) is 0 Å². The van der Waals surface area contributed by atoms with E-state index in [2.05, 4.69) is 9.80 Å². The van der Waals surface area contributed by atoms with Crippen LogP contribution < -0.4 is 0 Å². The second-order valence-electron chi connectivity index (χ2n) is 3.81. The van der Waals surface area contributed by atoms with E-state index in [9.17, 15) is 4.79 Å². The van der Waals surface area contributed by atoms with Crippen LogP contribution >= 0.6 is 0 Å². The van der Waals surface area contributed by atoms with E-state index in [0.29, 0.717) is 6.54 Å². The van der Waals surface area contributed by atoms with Crippen molar-refractivity contribution >= 4 is 5.78 Å². The summed E-state index contributed by atoms with van der Waals surface area (Å²) in [4.78, 5) is 15.6. The summed E-state index contributed by atoms with van der Waals surface area (Å²) in [6, 6.07) is 0. The lowest BCUT2D eigenvalue weighted by molar-refractivity contribution is -0.124. The van der Waals surface area contributed by atoms with Crippen molar-refractivity contribution in [2.24, 2.45) is 0 Å².